The maximum absolute atomic E-state index is 13.1. The van der Waals surface area contributed by atoms with Gasteiger partial charge in [-0.1, -0.05) is 46.4 Å². The molecule has 0 radical (unpaired) electrons. The van der Waals surface area contributed by atoms with E-state index < -0.39 is 22.8 Å². The largest absolute Gasteiger partial charge is 0.486 e. The van der Waals surface area contributed by atoms with Gasteiger partial charge in [0.15, 0.2) is 5.75 Å². The third-order valence-electron chi connectivity index (χ3n) is 5.13. The van der Waals surface area contributed by atoms with Crippen molar-refractivity contribution in [2.75, 3.05) is 4.90 Å². The van der Waals surface area contributed by atoms with Crippen molar-refractivity contribution in [2.45, 2.75) is 6.61 Å². The second-order valence-corrected chi connectivity index (χ2v) is 9.21. The number of nitro benzene ring substituents is 1. The number of nitrogens with one attached hydrogen (secondary N) is 1. The molecule has 9 nitrogen and oxygen atoms in total. The lowest BCUT2D eigenvalue weighted by Gasteiger charge is -2.26. The van der Waals surface area contributed by atoms with Crippen molar-refractivity contribution >= 4 is 81.7 Å². The molecule has 3 aromatic carbocycles. The van der Waals surface area contributed by atoms with E-state index in [0.29, 0.717) is 11.1 Å². The number of benzene rings is 3. The van der Waals surface area contributed by atoms with E-state index in [1.165, 1.54) is 60.7 Å². The number of nitrogens with zero attached hydrogens (tertiary/aromatic N) is 2. The van der Waals surface area contributed by atoms with Crippen molar-refractivity contribution in [3.05, 3.63) is 102 Å². The molecule has 1 aliphatic heterocycles. The number of amides is 4. The van der Waals surface area contributed by atoms with E-state index in [0.717, 1.165) is 4.90 Å². The van der Waals surface area contributed by atoms with Gasteiger partial charge < -0.3 is 4.74 Å². The molecule has 0 aromatic heterocycles. The van der Waals surface area contributed by atoms with Crippen molar-refractivity contribution in [3.8, 4) is 5.75 Å². The lowest BCUT2D eigenvalue weighted by Crippen LogP contribution is -2.54. The summed E-state index contributed by atoms with van der Waals surface area (Å²) >= 11 is 24.6. The number of carbonyl (C=O) groups is 3. The molecule has 0 bridgehead atoms. The number of non-ortho nitro benzene ring substituents is 1. The molecule has 1 saturated heterocycles. The Hall–Kier alpha value is -3.63. The third kappa shape index (κ3) is 5.70. The number of hydrogen-bond acceptors (Lipinski definition) is 6. The van der Waals surface area contributed by atoms with Crippen LogP contribution in [0.15, 0.2) is 60.2 Å². The summed E-state index contributed by atoms with van der Waals surface area (Å²) in [6, 6.07) is 11.8. The van der Waals surface area contributed by atoms with Gasteiger partial charge in [0.1, 0.15) is 12.2 Å². The van der Waals surface area contributed by atoms with Crippen molar-refractivity contribution in [1.29, 1.82) is 0 Å². The lowest BCUT2D eigenvalue weighted by atomic mass is 10.1. The van der Waals surface area contributed by atoms with Gasteiger partial charge in [-0.2, -0.15) is 0 Å². The zero-order valence-electron chi connectivity index (χ0n) is 18.3. The summed E-state index contributed by atoms with van der Waals surface area (Å²) in [7, 11) is 0. The summed E-state index contributed by atoms with van der Waals surface area (Å²) in [4.78, 5) is 48.9. The van der Waals surface area contributed by atoms with E-state index >= 15 is 0 Å². The van der Waals surface area contributed by atoms with Crippen molar-refractivity contribution in [2.24, 2.45) is 0 Å². The van der Waals surface area contributed by atoms with Crippen LogP contribution in [0.5, 0.6) is 5.75 Å². The molecular weight excluding hydrogens is 568 g/mol. The number of barbiturate groups is 1. The van der Waals surface area contributed by atoms with Gasteiger partial charge in [-0.3, -0.25) is 25.0 Å². The van der Waals surface area contributed by atoms with Crippen LogP contribution in [0.3, 0.4) is 0 Å². The van der Waals surface area contributed by atoms with E-state index in [9.17, 15) is 24.5 Å². The molecule has 13 heteroatoms. The van der Waals surface area contributed by atoms with Crippen molar-refractivity contribution < 1.29 is 24.0 Å². The maximum atomic E-state index is 13.1. The fourth-order valence-corrected chi connectivity index (χ4v) is 4.26. The Morgan fingerprint density at radius 3 is 2.14 bits per heavy atom. The Labute approximate surface area is 229 Å². The minimum atomic E-state index is -0.948. The van der Waals surface area contributed by atoms with Crippen LogP contribution in [0.1, 0.15) is 11.1 Å². The third-order valence-corrected chi connectivity index (χ3v) is 6.43. The Bertz CT molecular complexity index is 1470. The molecule has 188 valence electrons. The Morgan fingerprint density at radius 2 is 1.54 bits per heavy atom. The molecule has 4 rings (SSSR count). The number of hydrogen-bond donors (Lipinski definition) is 1. The number of rotatable bonds is 6. The zero-order chi connectivity index (χ0) is 26.9. The van der Waals surface area contributed by atoms with Gasteiger partial charge in [0, 0.05) is 12.1 Å². The predicted octanol–water partition coefficient (Wildman–Crippen LogP) is 6.45. The molecule has 1 fully saturated rings. The van der Waals surface area contributed by atoms with Gasteiger partial charge in [0.05, 0.1) is 30.7 Å². The highest BCUT2D eigenvalue weighted by Gasteiger charge is 2.37. The van der Waals surface area contributed by atoms with E-state index in [2.05, 4.69) is 5.32 Å². The number of carbonyl (C=O) groups excluding carboxylic acids is 3. The van der Waals surface area contributed by atoms with Crippen LogP contribution in [0, 0.1) is 10.1 Å². The number of anilines is 1. The van der Waals surface area contributed by atoms with Crippen LogP contribution >= 0.6 is 46.4 Å². The van der Waals surface area contributed by atoms with Crippen LogP contribution in [-0.4, -0.2) is 22.8 Å². The predicted molar refractivity (Wildman–Crippen MR) is 139 cm³/mol. The van der Waals surface area contributed by atoms with Gasteiger partial charge in [0.25, 0.3) is 17.5 Å². The maximum Gasteiger partial charge on any atom is 0.335 e. The highest BCUT2D eigenvalue weighted by Crippen LogP contribution is 2.36. The SMILES string of the molecule is O=C1NC(=O)N(c2ccc(Cl)c(Cl)c2)C(=O)/C1=C/c1cc(Cl)c(OCc2ccc([N+](=O)[O-])cc2)c(Cl)c1. The number of nitro groups is 1. The summed E-state index contributed by atoms with van der Waals surface area (Å²) in [5.41, 5.74) is 0.636. The average Bonchev–Trinajstić information content (AvgIpc) is 2.83. The van der Waals surface area contributed by atoms with E-state index in [1.807, 2.05) is 0 Å². The van der Waals surface area contributed by atoms with E-state index in [1.54, 1.807) is 0 Å². The summed E-state index contributed by atoms with van der Waals surface area (Å²) in [6.07, 6.45) is 1.23. The van der Waals surface area contributed by atoms with Crippen LogP contribution in [0.25, 0.3) is 6.08 Å². The van der Waals surface area contributed by atoms with Gasteiger partial charge >= 0.3 is 6.03 Å². The minimum absolute atomic E-state index is 0.0273. The molecule has 1 heterocycles. The van der Waals surface area contributed by atoms with Gasteiger partial charge in [0.2, 0.25) is 0 Å². The Balaban J connectivity index is 1.58. The molecule has 0 spiro atoms. The normalized spacial score (nSPS) is 14.6. The van der Waals surface area contributed by atoms with Crippen molar-refractivity contribution in [1.82, 2.24) is 5.32 Å². The molecule has 0 unspecified atom stereocenters. The monoisotopic (exact) mass is 579 g/mol. The summed E-state index contributed by atoms with van der Waals surface area (Å²) in [5.74, 6) is -1.66. The van der Waals surface area contributed by atoms with E-state index in [-0.39, 0.29) is 49.4 Å². The topological polar surface area (TPSA) is 119 Å². The molecule has 0 aliphatic carbocycles. The standard InChI is InChI=1S/C24H13Cl4N3O6/c25-17-6-5-15(10-18(17)26)30-23(33)16(22(32)29-24(30)34)7-13-8-19(27)21(20(28)9-13)37-11-12-1-3-14(4-2-12)31(35)36/h1-10H,11H2,(H,29,32,34)/b16-7+. The fraction of sp³-hybridized carbons (Fsp3) is 0.0417. The van der Waals surface area contributed by atoms with Crippen LogP contribution in [-0.2, 0) is 16.2 Å². The first-order valence-corrected chi connectivity index (χ1v) is 11.8. The highest BCUT2D eigenvalue weighted by molar-refractivity contribution is 6.43. The smallest absolute Gasteiger partial charge is 0.335 e. The number of ether oxygens (including phenoxy) is 1. The molecule has 37 heavy (non-hydrogen) atoms. The first-order valence-electron chi connectivity index (χ1n) is 10.3. The van der Waals surface area contributed by atoms with Crippen LogP contribution in [0.4, 0.5) is 16.2 Å². The molecule has 4 amide bonds. The average molecular weight is 581 g/mol. The van der Waals surface area contributed by atoms with Crippen LogP contribution in [0.2, 0.25) is 20.1 Å². The van der Waals surface area contributed by atoms with Crippen molar-refractivity contribution in [3.63, 3.8) is 0 Å². The van der Waals surface area contributed by atoms with E-state index in [4.69, 9.17) is 51.1 Å². The number of urea groups is 1. The highest BCUT2D eigenvalue weighted by atomic mass is 35.5. The molecule has 3 aromatic rings. The van der Waals surface area contributed by atoms with Gasteiger partial charge in [-0.15, -0.1) is 0 Å². The molecule has 0 saturated carbocycles. The Morgan fingerprint density at radius 1 is 0.892 bits per heavy atom. The second kappa shape index (κ2) is 10.8. The molecule has 0 atom stereocenters. The zero-order valence-corrected chi connectivity index (χ0v) is 21.4. The van der Waals surface area contributed by atoms with Crippen LogP contribution < -0.4 is 15.0 Å². The van der Waals surface area contributed by atoms with Gasteiger partial charge in [-0.25, -0.2) is 9.69 Å². The quantitative estimate of drug-likeness (QED) is 0.155. The summed E-state index contributed by atoms with van der Waals surface area (Å²) in [5, 5.41) is 13.4. The first kappa shape index (κ1) is 26.4. The molecule has 1 N–H and O–H groups in total. The molecular formula is C24H13Cl4N3O6. The number of imide groups is 2. The fourth-order valence-electron chi connectivity index (χ4n) is 3.35. The first-order chi connectivity index (χ1) is 17.5. The molecule has 1 aliphatic rings. The second-order valence-electron chi connectivity index (χ2n) is 7.58. The summed E-state index contributed by atoms with van der Waals surface area (Å²) in [6.45, 7) is 0.0273. The summed E-state index contributed by atoms with van der Waals surface area (Å²) < 4.78 is 5.67. The minimum Gasteiger partial charge on any atom is -0.486 e. The lowest BCUT2D eigenvalue weighted by molar-refractivity contribution is -0.384. The Kier molecular flexibility index (Phi) is 7.70. The number of halogens is 4. The van der Waals surface area contributed by atoms with Gasteiger partial charge in [-0.05, 0) is 59.7 Å².